The van der Waals surface area contributed by atoms with E-state index >= 15 is 0 Å². The van der Waals surface area contributed by atoms with Gasteiger partial charge in [-0.3, -0.25) is 4.90 Å². The van der Waals surface area contributed by atoms with Crippen LogP contribution in [0.5, 0.6) is 0 Å². The maximum Gasteiger partial charge on any atom is 0.416 e. The van der Waals surface area contributed by atoms with Crippen molar-refractivity contribution in [1.29, 1.82) is 0 Å². The van der Waals surface area contributed by atoms with Crippen LogP contribution in [-0.2, 0) is 12.7 Å². The fraction of sp³-hybridized carbons (Fsp3) is 0.600. The van der Waals surface area contributed by atoms with E-state index in [0.717, 1.165) is 38.7 Å². The number of likely N-dealkylation sites (tertiary alicyclic amines) is 1. The molecule has 2 aliphatic rings. The second-order valence-electron chi connectivity index (χ2n) is 6.05. The average molecular weight is 339 g/mol. The van der Waals surface area contributed by atoms with Gasteiger partial charge in [-0.1, -0.05) is 0 Å². The fourth-order valence-corrected chi connectivity index (χ4v) is 3.42. The molecular formula is C15H19ClF4N2. The maximum atomic E-state index is 13.4. The molecule has 0 aliphatic carbocycles. The van der Waals surface area contributed by atoms with Crippen LogP contribution in [0.15, 0.2) is 18.2 Å². The molecular weight excluding hydrogens is 320 g/mol. The minimum atomic E-state index is -4.50. The van der Waals surface area contributed by atoms with Crippen LogP contribution in [0.25, 0.3) is 0 Å². The molecule has 1 aromatic rings. The molecule has 2 fully saturated rings. The van der Waals surface area contributed by atoms with Crippen LogP contribution in [0.1, 0.15) is 17.5 Å². The van der Waals surface area contributed by atoms with Gasteiger partial charge in [-0.2, -0.15) is 13.2 Å². The van der Waals surface area contributed by atoms with Crippen LogP contribution in [0, 0.1) is 17.7 Å². The second kappa shape index (κ2) is 6.72. The summed E-state index contributed by atoms with van der Waals surface area (Å²) in [7, 11) is 0. The molecule has 2 aliphatic heterocycles. The number of hydrogen-bond acceptors (Lipinski definition) is 2. The molecule has 2 saturated heterocycles. The Kier molecular flexibility index (Phi) is 5.35. The predicted octanol–water partition coefficient (Wildman–Crippen LogP) is 3.31. The van der Waals surface area contributed by atoms with Crippen molar-refractivity contribution in [2.45, 2.75) is 19.1 Å². The van der Waals surface area contributed by atoms with Crippen molar-refractivity contribution in [1.82, 2.24) is 10.2 Å². The van der Waals surface area contributed by atoms with E-state index in [4.69, 9.17) is 0 Å². The smallest absolute Gasteiger partial charge is 0.316 e. The monoisotopic (exact) mass is 338 g/mol. The van der Waals surface area contributed by atoms with Crippen LogP contribution in [0.3, 0.4) is 0 Å². The van der Waals surface area contributed by atoms with Crippen molar-refractivity contribution in [3.8, 4) is 0 Å². The lowest BCUT2D eigenvalue weighted by Gasteiger charge is -2.34. The Balaban J connectivity index is 0.00000176. The minimum absolute atomic E-state index is 0. The summed E-state index contributed by atoms with van der Waals surface area (Å²) in [6.45, 7) is 4.12. The Morgan fingerprint density at radius 1 is 1.14 bits per heavy atom. The molecule has 2 heterocycles. The Bertz CT molecular complexity index is 521. The number of piperidine rings is 1. The molecule has 22 heavy (non-hydrogen) atoms. The summed E-state index contributed by atoms with van der Waals surface area (Å²) in [5.74, 6) is 0.422. The van der Waals surface area contributed by atoms with Crippen LogP contribution in [0.4, 0.5) is 17.6 Å². The first-order chi connectivity index (χ1) is 9.91. The quantitative estimate of drug-likeness (QED) is 0.832. The van der Waals surface area contributed by atoms with E-state index < -0.39 is 17.6 Å². The third-order valence-corrected chi connectivity index (χ3v) is 4.48. The molecule has 7 heteroatoms. The highest BCUT2D eigenvalue weighted by Gasteiger charge is 2.34. The lowest BCUT2D eigenvalue weighted by Crippen LogP contribution is -2.39. The Morgan fingerprint density at radius 2 is 1.86 bits per heavy atom. The largest absolute Gasteiger partial charge is 0.416 e. The second-order valence-corrected chi connectivity index (χ2v) is 6.05. The van der Waals surface area contributed by atoms with Crippen LogP contribution < -0.4 is 5.32 Å². The zero-order valence-electron chi connectivity index (χ0n) is 12.0. The zero-order valence-corrected chi connectivity index (χ0v) is 12.8. The number of alkyl halides is 3. The summed E-state index contributed by atoms with van der Waals surface area (Å²) in [5.41, 5.74) is -0.512. The van der Waals surface area contributed by atoms with Gasteiger partial charge in [-0.05, 0) is 61.7 Å². The highest BCUT2D eigenvalue weighted by Crippen LogP contribution is 2.32. The SMILES string of the molecule is Cl.Fc1cc(CN2CCC3CNCC3C2)cc(C(F)(F)F)c1. The van der Waals surface area contributed by atoms with E-state index in [0.29, 0.717) is 30.0 Å². The van der Waals surface area contributed by atoms with Crippen LogP contribution in [-0.4, -0.2) is 31.1 Å². The molecule has 2 unspecified atom stereocenters. The van der Waals surface area contributed by atoms with Gasteiger partial charge in [0.1, 0.15) is 5.82 Å². The van der Waals surface area contributed by atoms with Gasteiger partial charge in [0.05, 0.1) is 5.56 Å². The first kappa shape index (κ1) is 17.5. The third kappa shape index (κ3) is 3.91. The van der Waals surface area contributed by atoms with Gasteiger partial charge in [-0.25, -0.2) is 4.39 Å². The van der Waals surface area contributed by atoms with Gasteiger partial charge in [0, 0.05) is 13.1 Å². The first-order valence-corrected chi connectivity index (χ1v) is 7.21. The van der Waals surface area contributed by atoms with Gasteiger partial charge in [0.15, 0.2) is 0 Å². The molecule has 0 aromatic heterocycles. The van der Waals surface area contributed by atoms with Crippen molar-refractivity contribution in [3.63, 3.8) is 0 Å². The number of halogens is 5. The lowest BCUT2D eigenvalue weighted by atomic mass is 9.88. The van der Waals surface area contributed by atoms with Crippen LogP contribution >= 0.6 is 12.4 Å². The molecule has 2 atom stereocenters. The van der Waals surface area contributed by atoms with Crippen LogP contribution in [0.2, 0.25) is 0 Å². The average Bonchev–Trinajstić information content (AvgIpc) is 2.84. The van der Waals surface area contributed by atoms with E-state index in [1.54, 1.807) is 0 Å². The summed E-state index contributed by atoms with van der Waals surface area (Å²) in [6.07, 6.45) is -3.45. The number of rotatable bonds is 2. The summed E-state index contributed by atoms with van der Waals surface area (Å²) in [4.78, 5) is 2.13. The highest BCUT2D eigenvalue weighted by molar-refractivity contribution is 5.85. The van der Waals surface area contributed by atoms with E-state index in [9.17, 15) is 17.6 Å². The molecule has 0 spiro atoms. The molecule has 124 valence electrons. The highest BCUT2D eigenvalue weighted by atomic mass is 35.5. The van der Waals surface area contributed by atoms with E-state index in [-0.39, 0.29) is 12.4 Å². The number of hydrogen-bond donors (Lipinski definition) is 1. The van der Waals surface area contributed by atoms with Crippen molar-refractivity contribution in [2.75, 3.05) is 26.2 Å². The number of benzene rings is 1. The molecule has 1 N–H and O–H groups in total. The van der Waals surface area contributed by atoms with Gasteiger partial charge < -0.3 is 5.32 Å². The van der Waals surface area contributed by atoms with E-state index in [2.05, 4.69) is 10.2 Å². The van der Waals surface area contributed by atoms with E-state index in [1.807, 2.05) is 0 Å². The van der Waals surface area contributed by atoms with Crippen molar-refractivity contribution in [3.05, 3.63) is 35.1 Å². The lowest BCUT2D eigenvalue weighted by molar-refractivity contribution is -0.137. The van der Waals surface area contributed by atoms with Gasteiger partial charge >= 0.3 is 6.18 Å². The minimum Gasteiger partial charge on any atom is -0.316 e. The summed E-state index contributed by atoms with van der Waals surface area (Å²) in [5, 5.41) is 3.35. The molecule has 2 nitrogen and oxygen atoms in total. The topological polar surface area (TPSA) is 15.3 Å². The third-order valence-electron chi connectivity index (χ3n) is 4.48. The molecule has 0 bridgehead atoms. The molecule has 0 saturated carbocycles. The predicted molar refractivity (Wildman–Crippen MR) is 78.4 cm³/mol. The van der Waals surface area contributed by atoms with Gasteiger partial charge in [-0.15, -0.1) is 12.4 Å². The van der Waals surface area contributed by atoms with Gasteiger partial charge in [0.2, 0.25) is 0 Å². The molecule has 1 aromatic carbocycles. The molecule has 3 rings (SSSR count). The Labute approximate surface area is 133 Å². The summed E-state index contributed by atoms with van der Waals surface area (Å²) in [6, 6.07) is 2.81. The molecule has 0 radical (unpaired) electrons. The zero-order chi connectivity index (χ0) is 15.0. The van der Waals surface area contributed by atoms with Gasteiger partial charge in [0.25, 0.3) is 0 Å². The molecule has 0 amide bonds. The number of nitrogens with one attached hydrogen (secondary N) is 1. The Morgan fingerprint density at radius 3 is 2.59 bits per heavy atom. The summed E-state index contributed by atoms with van der Waals surface area (Å²) >= 11 is 0. The van der Waals surface area contributed by atoms with Crippen molar-refractivity contribution in [2.24, 2.45) is 11.8 Å². The standard InChI is InChI=1S/C15H18F4N2.ClH/c16-14-4-10(3-13(5-14)15(17,18)19)8-21-2-1-11-6-20-7-12(11)9-21;/h3-5,11-12,20H,1-2,6-9H2;1H. The number of fused-ring (bicyclic) bond motifs is 1. The fourth-order valence-electron chi connectivity index (χ4n) is 3.42. The maximum absolute atomic E-state index is 13.4. The van der Waals surface area contributed by atoms with Crippen molar-refractivity contribution < 1.29 is 17.6 Å². The number of nitrogens with zero attached hydrogens (tertiary/aromatic N) is 1. The van der Waals surface area contributed by atoms with Crippen molar-refractivity contribution >= 4 is 12.4 Å². The normalized spacial score (nSPS) is 25.6. The van der Waals surface area contributed by atoms with E-state index in [1.165, 1.54) is 6.07 Å². The Hall–Kier alpha value is -0.850. The first-order valence-electron chi connectivity index (χ1n) is 7.21. The summed E-state index contributed by atoms with van der Waals surface area (Å²) < 4.78 is 51.5.